The number of benzene rings is 1. The Morgan fingerprint density at radius 1 is 1.15 bits per heavy atom. The maximum absolute atomic E-state index is 11.8. The van der Waals surface area contributed by atoms with E-state index in [0.717, 1.165) is 5.56 Å². The lowest BCUT2D eigenvalue weighted by Crippen LogP contribution is -2.38. The standard InChI is InChI=1S/C16H26N2O.ClH/c1-11(2)12-6-8-13(9-7-12)14(17)10-18-15(19)16(3,4)5;/h6-9,11,14H,10,17H2,1-5H3,(H,18,19);1H. The van der Waals surface area contributed by atoms with Crippen molar-refractivity contribution in [2.45, 2.75) is 46.6 Å². The number of nitrogens with two attached hydrogens (primary N) is 1. The molecule has 1 unspecified atom stereocenters. The third-order valence-corrected chi connectivity index (χ3v) is 3.20. The van der Waals surface area contributed by atoms with Crippen LogP contribution < -0.4 is 11.1 Å². The van der Waals surface area contributed by atoms with Gasteiger partial charge < -0.3 is 11.1 Å². The molecule has 1 aromatic carbocycles. The number of nitrogens with one attached hydrogen (secondary N) is 1. The molecule has 0 aromatic heterocycles. The molecule has 1 atom stereocenters. The molecule has 0 aliphatic carbocycles. The summed E-state index contributed by atoms with van der Waals surface area (Å²) in [6, 6.07) is 8.14. The maximum Gasteiger partial charge on any atom is 0.225 e. The van der Waals surface area contributed by atoms with Gasteiger partial charge in [-0.2, -0.15) is 0 Å². The predicted molar refractivity (Wildman–Crippen MR) is 87.2 cm³/mol. The predicted octanol–water partition coefficient (Wildman–Crippen LogP) is 3.39. The molecule has 3 nitrogen and oxygen atoms in total. The molecule has 0 fully saturated rings. The monoisotopic (exact) mass is 298 g/mol. The summed E-state index contributed by atoms with van der Waals surface area (Å²) in [7, 11) is 0. The van der Waals surface area contributed by atoms with E-state index in [1.807, 2.05) is 32.9 Å². The fourth-order valence-electron chi connectivity index (χ4n) is 1.71. The summed E-state index contributed by atoms with van der Waals surface area (Å²) in [5.41, 5.74) is 8.08. The Morgan fingerprint density at radius 2 is 1.60 bits per heavy atom. The van der Waals surface area contributed by atoms with Gasteiger partial charge in [-0.15, -0.1) is 12.4 Å². The summed E-state index contributed by atoms with van der Waals surface area (Å²) in [5, 5.41) is 2.89. The molecular weight excluding hydrogens is 272 g/mol. The van der Waals surface area contributed by atoms with Crippen LogP contribution in [0, 0.1) is 5.41 Å². The van der Waals surface area contributed by atoms with E-state index >= 15 is 0 Å². The van der Waals surface area contributed by atoms with Gasteiger partial charge in [-0.05, 0) is 17.0 Å². The Morgan fingerprint density at radius 3 is 2.00 bits per heavy atom. The average molecular weight is 299 g/mol. The molecular formula is C16H27ClN2O. The second kappa shape index (κ2) is 7.65. The van der Waals surface area contributed by atoms with Gasteiger partial charge in [-0.25, -0.2) is 0 Å². The molecule has 1 rings (SSSR count). The van der Waals surface area contributed by atoms with Crippen molar-refractivity contribution in [2.24, 2.45) is 11.1 Å². The zero-order chi connectivity index (χ0) is 14.6. The van der Waals surface area contributed by atoms with Crippen LogP contribution in [0.25, 0.3) is 0 Å². The molecule has 0 saturated heterocycles. The minimum absolute atomic E-state index is 0. The molecule has 0 aliphatic heterocycles. The Bertz CT molecular complexity index is 421. The first-order valence-corrected chi connectivity index (χ1v) is 6.85. The van der Waals surface area contributed by atoms with Gasteiger partial charge in [0.25, 0.3) is 0 Å². The third-order valence-electron chi connectivity index (χ3n) is 3.20. The fourth-order valence-corrected chi connectivity index (χ4v) is 1.71. The summed E-state index contributed by atoms with van der Waals surface area (Å²) in [6.07, 6.45) is 0. The van der Waals surface area contributed by atoms with E-state index in [0.29, 0.717) is 12.5 Å². The van der Waals surface area contributed by atoms with Crippen LogP contribution in [0.2, 0.25) is 0 Å². The molecule has 3 N–H and O–H groups in total. The van der Waals surface area contributed by atoms with Crippen molar-refractivity contribution in [3.05, 3.63) is 35.4 Å². The molecule has 0 bridgehead atoms. The topological polar surface area (TPSA) is 55.1 Å². The Labute approximate surface area is 128 Å². The molecule has 0 aliphatic rings. The Hall–Kier alpha value is -1.06. The molecule has 0 spiro atoms. The Kier molecular flexibility index (Phi) is 7.25. The van der Waals surface area contributed by atoms with Crippen LogP contribution in [0.15, 0.2) is 24.3 Å². The highest BCUT2D eigenvalue weighted by Crippen LogP contribution is 2.18. The van der Waals surface area contributed by atoms with Crippen LogP contribution in [-0.2, 0) is 4.79 Å². The van der Waals surface area contributed by atoms with E-state index in [1.165, 1.54) is 5.56 Å². The zero-order valence-electron chi connectivity index (χ0n) is 13.1. The molecule has 0 saturated carbocycles. The molecule has 1 amide bonds. The lowest BCUT2D eigenvalue weighted by molar-refractivity contribution is -0.128. The molecule has 0 heterocycles. The average Bonchev–Trinajstić information content (AvgIpc) is 2.34. The summed E-state index contributed by atoms with van der Waals surface area (Å²) in [6.45, 7) is 10.5. The third kappa shape index (κ3) is 5.51. The SMILES string of the molecule is CC(C)c1ccc(C(N)CNC(=O)C(C)(C)C)cc1.Cl. The summed E-state index contributed by atoms with van der Waals surface area (Å²) >= 11 is 0. The molecule has 4 heteroatoms. The van der Waals surface area contributed by atoms with Crippen LogP contribution in [0.4, 0.5) is 0 Å². The minimum Gasteiger partial charge on any atom is -0.354 e. The Balaban J connectivity index is 0.00000361. The van der Waals surface area contributed by atoms with Crippen molar-refractivity contribution < 1.29 is 4.79 Å². The van der Waals surface area contributed by atoms with Crippen LogP contribution in [-0.4, -0.2) is 12.5 Å². The number of halogens is 1. The molecule has 20 heavy (non-hydrogen) atoms. The minimum atomic E-state index is -0.374. The number of amides is 1. The highest BCUT2D eigenvalue weighted by atomic mass is 35.5. The largest absolute Gasteiger partial charge is 0.354 e. The summed E-state index contributed by atoms with van der Waals surface area (Å²) in [5.74, 6) is 0.549. The van der Waals surface area contributed by atoms with Gasteiger partial charge >= 0.3 is 0 Å². The van der Waals surface area contributed by atoms with Crippen molar-refractivity contribution in [1.29, 1.82) is 0 Å². The summed E-state index contributed by atoms with van der Waals surface area (Å²) < 4.78 is 0. The first-order chi connectivity index (χ1) is 8.71. The lowest BCUT2D eigenvalue weighted by Gasteiger charge is -2.20. The molecule has 0 radical (unpaired) electrons. The van der Waals surface area contributed by atoms with E-state index in [1.54, 1.807) is 0 Å². The van der Waals surface area contributed by atoms with Gasteiger partial charge in [0.05, 0.1) is 0 Å². The molecule has 114 valence electrons. The van der Waals surface area contributed by atoms with Gasteiger partial charge in [-0.1, -0.05) is 58.9 Å². The van der Waals surface area contributed by atoms with Crippen molar-refractivity contribution >= 4 is 18.3 Å². The highest BCUT2D eigenvalue weighted by molar-refractivity contribution is 5.85. The van der Waals surface area contributed by atoms with E-state index in [4.69, 9.17) is 5.73 Å². The van der Waals surface area contributed by atoms with Crippen molar-refractivity contribution in [3.8, 4) is 0 Å². The van der Waals surface area contributed by atoms with Crippen molar-refractivity contribution in [2.75, 3.05) is 6.54 Å². The van der Waals surface area contributed by atoms with Crippen LogP contribution >= 0.6 is 12.4 Å². The second-order valence-electron chi connectivity index (χ2n) is 6.39. The van der Waals surface area contributed by atoms with Gasteiger partial charge in [-0.3, -0.25) is 4.79 Å². The normalized spacial score (nSPS) is 12.8. The summed E-state index contributed by atoms with van der Waals surface area (Å²) in [4.78, 5) is 11.8. The van der Waals surface area contributed by atoms with Crippen molar-refractivity contribution in [3.63, 3.8) is 0 Å². The first kappa shape index (κ1) is 18.9. The van der Waals surface area contributed by atoms with Crippen LogP contribution in [0.3, 0.4) is 0 Å². The van der Waals surface area contributed by atoms with Gasteiger partial charge in [0, 0.05) is 18.0 Å². The number of rotatable bonds is 4. The van der Waals surface area contributed by atoms with E-state index < -0.39 is 0 Å². The number of carbonyl (C=O) groups is 1. The van der Waals surface area contributed by atoms with E-state index in [-0.39, 0.29) is 29.8 Å². The first-order valence-electron chi connectivity index (χ1n) is 6.85. The quantitative estimate of drug-likeness (QED) is 0.895. The van der Waals surface area contributed by atoms with Crippen LogP contribution in [0.1, 0.15) is 57.7 Å². The van der Waals surface area contributed by atoms with E-state index in [2.05, 4.69) is 31.3 Å². The van der Waals surface area contributed by atoms with Gasteiger partial charge in [0.15, 0.2) is 0 Å². The number of hydrogen-bond donors (Lipinski definition) is 2. The molecule has 1 aromatic rings. The smallest absolute Gasteiger partial charge is 0.225 e. The van der Waals surface area contributed by atoms with Crippen molar-refractivity contribution in [1.82, 2.24) is 5.32 Å². The van der Waals surface area contributed by atoms with Gasteiger partial charge in [0.2, 0.25) is 5.91 Å². The maximum atomic E-state index is 11.8. The number of hydrogen-bond acceptors (Lipinski definition) is 2. The second-order valence-corrected chi connectivity index (χ2v) is 6.39. The zero-order valence-corrected chi connectivity index (χ0v) is 13.9. The van der Waals surface area contributed by atoms with Crippen LogP contribution in [0.5, 0.6) is 0 Å². The fraction of sp³-hybridized carbons (Fsp3) is 0.562. The highest BCUT2D eigenvalue weighted by Gasteiger charge is 2.21. The van der Waals surface area contributed by atoms with Gasteiger partial charge in [0.1, 0.15) is 0 Å². The van der Waals surface area contributed by atoms with E-state index in [9.17, 15) is 4.79 Å². The lowest BCUT2D eigenvalue weighted by atomic mass is 9.95. The number of carbonyl (C=O) groups excluding carboxylic acids is 1.